The molecule has 1 aromatic carbocycles. The minimum absolute atomic E-state index is 0.0241. The van der Waals surface area contributed by atoms with Gasteiger partial charge in [0.05, 0.1) is 9.82 Å². The quantitative estimate of drug-likeness (QED) is 0.630. The van der Waals surface area contributed by atoms with Crippen LogP contribution in [-0.2, 0) is 9.84 Å². The van der Waals surface area contributed by atoms with Gasteiger partial charge in [0.1, 0.15) is 5.69 Å². The molecule has 0 radical (unpaired) electrons. The van der Waals surface area contributed by atoms with E-state index < -0.39 is 14.8 Å². The third-order valence-electron chi connectivity index (χ3n) is 3.82. The average Bonchev–Trinajstić information content (AvgIpc) is 2.97. The molecule has 22 heavy (non-hydrogen) atoms. The zero-order valence-electron chi connectivity index (χ0n) is 12.8. The fourth-order valence-electron chi connectivity index (χ4n) is 2.77. The van der Waals surface area contributed by atoms with Crippen molar-refractivity contribution >= 4 is 21.2 Å². The van der Waals surface area contributed by atoms with Gasteiger partial charge in [0.25, 0.3) is 5.69 Å². The predicted octanol–water partition coefficient (Wildman–Crippen LogP) is 1.58. The highest BCUT2D eigenvalue weighted by Crippen LogP contribution is 2.33. The van der Waals surface area contributed by atoms with E-state index in [0.29, 0.717) is 12.2 Å². The van der Waals surface area contributed by atoms with E-state index in [1.807, 2.05) is 11.8 Å². The zero-order chi connectivity index (χ0) is 16.3. The van der Waals surface area contributed by atoms with Crippen molar-refractivity contribution in [3.63, 3.8) is 0 Å². The minimum Gasteiger partial charge on any atom is -0.362 e. The topological polar surface area (TPSA) is 92.5 Å². The molecule has 0 aromatic heterocycles. The molecule has 0 aliphatic carbocycles. The van der Waals surface area contributed by atoms with Gasteiger partial charge in [-0.2, -0.15) is 0 Å². The molecule has 2 rings (SSSR count). The van der Waals surface area contributed by atoms with Crippen molar-refractivity contribution in [1.82, 2.24) is 5.32 Å². The first-order valence-corrected chi connectivity index (χ1v) is 9.19. The van der Waals surface area contributed by atoms with Crippen molar-refractivity contribution in [2.75, 3.05) is 30.8 Å². The predicted molar refractivity (Wildman–Crippen MR) is 85.1 cm³/mol. The highest BCUT2D eigenvalue weighted by molar-refractivity contribution is 7.90. The second kappa shape index (κ2) is 6.62. The number of benzene rings is 1. The van der Waals surface area contributed by atoms with Crippen LogP contribution in [0.3, 0.4) is 0 Å². The third-order valence-corrected chi connectivity index (χ3v) is 4.93. The second-order valence-corrected chi connectivity index (χ2v) is 7.54. The monoisotopic (exact) mass is 327 g/mol. The molecular weight excluding hydrogens is 306 g/mol. The Kier molecular flexibility index (Phi) is 5.02. The van der Waals surface area contributed by atoms with Gasteiger partial charge >= 0.3 is 0 Å². The van der Waals surface area contributed by atoms with Crippen molar-refractivity contribution < 1.29 is 13.3 Å². The van der Waals surface area contributed by atoms with Gasteiger partial charge in [0, 0.05) is 31.5 Å². The number of sulfone groups is 1. The molecule has 0 amide bonds. The van der Waals surface area contributed by atoms with E-state index >= 15 is 0 Å². The van der Waals surface area contributed by atoms with Gasteiger partial charge in [0.15, 0.2) is 9.84 Å². The van der Waals surface area contributed by atoms with Crippen molar-refractivity contribution in [3.8, 4) is 0 Å². The maximum atomic E-state index is 11.6. The number of hydrogen-bond donors (Lipinski definition) is 1. The molecule has 0 spiro atoms. The lowest BCUT2D eigenvalue weighted by Gasteiger charge is -2.30. The van der Waals surface area contributed by atoms with Crippen LogP contribution in [-0.4, -0.2) is 45.3 Å². The Labute approximate surface area is 130 Å². The number of nitro groups is 1. The molecule has 1 fully saturated rings. The summed E-state index contributed by atoms with van der Waals surface area (Å²) in [5.74, 6) is 0. The number of rotatable bonds is 6. The smallest absolute Gasteiger partial charge is 0.293 e. The maximum Gasteiger partial charge on any atom is 0.293 e. The summed E-state index contributed by atoms with van der Waals surface area (Å²) in [6, 6.07) is 4.36. The fourth-order valence-corrected chi connectivity index (χ4v) is 3.41. The van der Waals surface area contributed by atoms with Gasteiger partial charge in [-0.1, -0.05) is 6.92 Å². The summed E-state index contributed by atoms with van der Waals surface area (Å²) in [4.78, 5) is 12.9. The SMILES string of the molecule is CCCN(c1ccc(S(C)(=O)=O)cc1[N+](=O)[O-])C1CCNC1. The zero-order valence-corrected chi connectivity index (χ0v) is 13.6. The van der Waals surface area contributed by atoms with E-state index in [1.54, 1.807) is 6.07 Å². The van der Waals surface area contributed by atoms with Crippen LogP contribution >= 0.6 is 0 Å². The fraction of sp³-hybridized carbons (Fsp3) is 0.571. The van der Waals surface area contributed by atoms with Crippen LogP contribution in [0, 0.1) is 10.1 Å². The van der Waals surface area contributed by atoms with Gasteiger partial charge < -0.3 is 10.2 Å². The minimum atomic E-state index is -3.47. The normalized spacial score (nSPS) is 18.4. The number of anilines is 1. The standard InChI is InChI=1S/C14H21N3O4S/c1-3-8-16(11-6-7-15-10-11)13-5-4-12(22(2,20)21)9-14(13)17(18)19/h4-5,9,11,15H,3,6-8,10H2,1-2H3. The molecule has 1 N–H and O–H groups in total. The van der Waals surface area contributed by atoms with E-state index in [4.69, 9.17) is 0 Å². The second-order valence-electron chi connectivity index (χ2n) is 5.52. The lowest BCUT2D eigenvalue weighted by atomic mass is 10.1. The summed E-state index contributed by atoms with van der Waals surface area (Å²) < 4.78 is 23.2. The molecule has 0 bridgehead atoms. The van der Waals surface area contributed by atoms with Crippen molar-refractivity contribution in [2.45, 2.75) is 30.7 Å². The summed E-state index contributed by atoms with van der Waals surface area (Å²) in [5, 5.41) is 14.7. The van der Waals surface area contributed by atoms with Crippen molar-refractivity contribution in [2.24, 2.45) is 0 Å². The number of nitrogens with zero attached hydrogens (tertiary/aromatic N) is 2. The Morgan fingerprint density at radius 1 is 1.45 bits per heavy atom. The van der Waals surface area contributed by atoms with Crippen LogP contribution in [0.25, 0.3) is 0 Å². The van der Waals surface area contributed by atoms with Crippen LogP contribution in [0.5, 0.6) is 0 Å². The first-order valence-electron chi connectivity index (χ1n) is 7.30. The van der Waals surface area contributed by atoms with Crippen LogP contribution < -0.4 is 10.2 Å². The molecule has 1 unspecified atom stereocenters. The van der Waals surface area contributed by atoms with Crippen molar-refractivity contribution in [1.29, 1.82) is 0 Å². The largest absolute Gasteiger partial charge is 0.362 e. The molecule has 8 heteroatoms. The summed E-state index contributed by atoms with van der Waals surface area (Å²) in [5.41, 5.74) is 0.344. The molecule has 1 aliphatic rings. The van der Waals surface area contributed by atoms with E-state index in [1.165, 1.54) is 6.07 Å². The Bertz CT molecular complexity index is 654. The highest BCUT2D eigenvalue weighted by atomic mass is 32.2. The van der Waals surface area contributed by atoms with Gasteiger partial charge in [-0.25, -0.2) is 8.42 Å². The number of nitro benzene ring substituents is 1. The summed E-state index contributed by atoms with van der Waals surface area (Å²) >= 11 is 0. The van der Waals surface area contributed by atoms with Crippen LogP contribution in [0.2, 0.25) is 0 Å². The summed E-state index contributed by atoms with van der Waals surface area (Å²) in [6.07, 6.45) is 2.84. The molecule has 1 heterocycles. The average molecular weight is 327 g/mol. The van der Waals surface area contributed by atoms with E-state index in [9.17, 15) is 18.5 Å². The third kappa shape index (κ3) is 3.56. The summed E-state index contributed by atoms with van der Waals surface area (Å²) in [6.45, 7) is 4.39. The van der Waals surface area contributed by atoms with Gasteiger partial charge in [-0.15, -0.1) is 0 Å². The lowest BCUT2D eigenvalue weighted by molar-refractivity contribution is -0.384. The van der Waals surface area contributed by atoms with Gasteiger partial charge in [-0.3, -0.25) is 10.1 Å². The molecule has 1 atom stereocenters. The van der Waals surface area contributed by atoms with E-state index in [0.717, 1.165) is 38.3 Å². The number of hydrogen-bond acceptors (Lipinski definition) is 6. The number of nitrogens with one attached hydrogen (secondary N) is 1. The molecule has 122 valence electrons. The maximum absolute atomic E-state index is 11.6. The Morgan fingerprint density at radius 2 is 2.18 bits per heavy atom. The Balaban J connectivity index is 2.49. The molecule has 7 nitrogen and oxygen atoms in total. The lowest BCUT2D eigenvalue weighted by Crippen LogP contribution is -2.38. The molecule has 1 aromatic rings. The summed E-state index contributed by atoms with van der Waals surface area (Å²) in [7, 11) is -3.47. The molecule has 0 saturated carbocycles. The van der Waals surface area contributed by atoms with E-state index in [-0.39, 0.29) is 16.6 Å². The van der Waals surface area contributed by atoms with Crippen LogP contribution in [0.15, 0.2) is 23.1 Å². The Hall–Kier alpha value is -1.67. The first-order chi connectivity index (χ1) is 10.3. The van der Waals surface area contributed by atoms with Crippen LogP contribution in [0.1, 0.15) is 19.8 Å². The van der Waals surface area contributed by atoms with Crippen LogP contribution in [0.4, 0.5) is 11.4 Å². The van der Waals surface area contributed by atoms with E-state index in [2.05, 4.69) is 5.32 Å². The first kappa shape index (κ1) is 16.7. The van der Waals surface area contributed by atoms with Crippen molar-refractivity contribution in [3.05, 3.63) is 28.3 Å². The molecule has 1 aliphatic heterocycles. The van der Waals surface area contributed by atoms with Gasteiger partial charge in [-0.05, 0) is 31.5 Å². The molecular formula is C14H21N3O4S. The molecule has 1 saturated heterocycles. The Morgan fingerprint density at radius 3 is 2.68 bits per heavy atom. The highest BCUT2D eigenvalue weighted by Gasteiger charge is 2.28. The van der Waals surface area contributed by atoms with Gasteiger partial charge in [0.2, 0.25) is 0 Å².